The Balaban J connectivity index is 1.16. The second kappa shape index (κ2) is 11.6. The third-order valence-electron chi connectivity index (χ3n) is 5.76. The molecule has 0 spiro atoms. The van der Waals surface area contributed by atoms with E-state index in [2.05, 4.69) is 15.6 Å². The molecule has 5 rings (SSSR count). The lowest BCUT2D eigenvalue weighted by Gasteiger charge is -2.11. The molecule has 5 nitrogen and oxygen atoms in total. The number of carbonyl (C=O) groups excluding carboxylic acids is 2. The van der Waals surface area contributed by atoms with Gasteiger partial charge >= 0.3 is 0 Å². The minimum Gasteiger partial charge on any atom is -0.322 e. The van der Waals surface area contributed by atoms with Crippen LogP contribution in [0.2, 0.25) is 10.0 Å². The van der Waals surface area contributed by atoms with E-state index in [1.54, 1.807) is 12.1 Å². The highest BCUT2D eigenvalue weighted by atomic mass is 35.5. The first-order valence-corrected chi connectivity index (χ1v) is 14.2. The van der Waals surface area contributed by atoms with Crippen LogP contribution in [0.3, 0.4) is 0 Å². The van der Waals surface area contributed by atoms with Crippen LogP contribution in [0, 0.1) is 0 Å². The van der Waals surface area contributed by atoms with Crippen molar-refractivity contribution in [3.05, 3.63) is 106 Å². The quantitative estimate of drug-likeness (QED) is 0.190. The fraction of sp³-hybridized carbons (Fsp3) is 0.0690. The van der Waals surface area contributed by atoms with Gasteiger partial charge in [0.2, 0.25) is 5.91 Å². The van der Waals surface area contributed by atoms with Crippen LogP contribution in [0.15, 0.2) is 95.2 Å². The van der Waals surface area contributed by atoms with Crippen molar-refractivity contribution in [1.82, 2.24) is 4.98 Å². The zero-order valence-corrected chi connectivity index (χ0v) is 23.2. The second-order valence-corrected chi connectivity index (χ2v) is 11.5. The lowest BCUT2D eigenvalue weighted by atomic mass is 10.1. The molecule has 0 saturated carbocycles. The number of fused-ring (bicyclic) bond motifs is 1. The number of halogens is 2. The lowest BCUT2D eigenvalue weighted by molar-refractivity contribution is -0.115. The van der Waals surface area contributed by atoms with Gasteiger partial charge in [0.1, 0.15) is 0 Å². The van der Waals surface area contributed by atoms with E-state index in [4.69, 9.17) is 23.2 Å². The van der Waals surface area contributed by atoms with E-state index in [1.807, 2.05) is 85.1 Å². The van der Waals surface area contributed by atoms with Gasteiger partial charge in [-0.1, -0.05) is 59.6 Å². The van der Waals surface area contributed by atoms with Gasteiger partial charge in [-0.25, -0.2) is 4.98 Å². The highest BCUT2D eigenvalue weighted by Crippen LogP contribution is 2.31. The number of anilines is 2. The second-order valence-electron chi connectivity index (χ2n) is 8.46. The van der Waals surface area contributed by atoms with E-state index in [-0.39, 0.29) is 17.1 Å². The molecular weight excluding hydrogens is 557 g/mol. The maximum atomic E-state index is 12.8. The van der Waals surface area contributed by atoms with E-state index in [9.17, 15) is 9.59 Å². The first-order chi connectivity index (χ1) is 18.4. The summed E-state index contributed by atoms with van der Waals surface area (Å²) >= 11 is 14.9. The summed E-state index contributed by atoms with van der Waals surface area (Å²) in [5, 5.41) is 10.9. The summed E-state index contributed by atoms with van der Waals surface area (Å²) in [6.45, 7) is 1.84. The molecule has 0 radical (unpaired) electrons. The molecule has 0 fully saturated rings. The van der Waals surface area contributed by atoms with Gasteiger partial charge in [0.25, 0.3) is 5.91 Å². The van der Waals surface area contributed by atoms with Crippen LogP contribution in [-0.4, -0.2) is 22.0 Å². The molecule has 1 aromatic heterocycles. The maximum absolute atomic E-state index is 12.8. The van der Waals surface area contributed by atoms with E-state index in [0.717, 1.165) is 21.2 Å². The minimum atomic E-state index is -0.356. The molecule has 1 heterocycles. The number of thioether (sulfide) groups is 1. The molecule has 0 aliphatic rings. The molecule has 0 aliphatic heterocycles. The molecular formula is C29H21Cl2N3O2S2. The van der Waals surface area contributed by atoms with Gasteiger partial charge in [0, 0.05) is 27.1 Å². The molecule has 1 unspecified atom stereocenters. The van der Waals surface area contributed by atoms with Crippen LogP contribution < -0.4 is 10.6 Å². The first-order valence-electron chi connectivity index (χ1n) is 11.6. The third kappa shape index (κ3) is 6.19. The maximum Gasteiger partial charge on any atom is 0.255 e. The molecule has 5 aromatic rings. The van der Waals surface area contributed by atoms with Gasteiger partial charge in [-0.2, -0.15) is 0 Å². The molecule has 0 saturated heterocycles. The Morgan fingerprint density at radius 3 is 2.39 bits per heavy atom. The molecule has 4 aromatic carbocycles. The molecule has 0 aliphatic carbocycles. The third-order valence-corrected chi connectivity index (χ3v) is 8.36. The van der Waals surface area contributed by atoms with Crippen molar-refractivity contribution in [3.63, 3.8) is 0 Å². The van der Waals surface area contributed by atoms with E-state index in [1.165, 1.54) is 23.1 Å². The predicted molar refractivity (Wildman–Crippen MR) is 160 cm³/mol. The largest absolute Gasteiger partial charge is 0.322 e. The molecule has 1 atom stereocenters. The number of carbonyl (C=O) groups is 2. The highest BCUT2D eigenvalue weighted by molar-refractivity contribution is 8.00. The number of amides is 2. The zero-order chi connectivity index (χ0) is 26.6. The SMILES string of the molecule is CC(Sc1ccc(NC(=O)c2ccc3ccccc3c2)cc1)C(=O)Nc1nc(-c2ccc(Cl)c(Cl)c2)cs1. The fourth-order valence-corrected chi connectivity index (χ4v) is 5.62. The van der Waals surface area contributed by atoms with Gasteiger partial charge in [0.05, 0.1) is 21.0 Å². The molecule has 2 amide bonds. The van der Waals surface area contributed by atoms with Crippen molar-refractivity contribution in [3.8, 4) is 11.3 Å². The summed E-state index contributed by atoms with van der Waals surface area (Å²) in [4.78, 5) is 30.9. The van der Waals surface area contributed by atoms with Crippen LogP contribution in [-0.2, 0) is 4.79 Å². The topological polar surface area (TPSA) is 71.1 Å². The molecule has 38 heavy (non-hydrogen) atoms. The Labute approximate surface area is 238 Å². The number of hydrogen-bond acceptors (Lipinski definition) is 5. The smallest absolute Gasteiger partial charge is 0.255 e. The Hall–Kier alpha value is -3.36. The molecule has 2 N–H and O–H groups in total. The number of nitrogens with one attached hydrogen (secondary N) is 2. The van der Waals surface area contributed by atoms with Crippen molar-refractivity contribution in [2.45, 2.75) is 17.1 Å². The monoisotopic (exact) mass is 577 g/mol. The van der Waals surface area contributed by atoms with Gasteiger partial charge in [-0.05, 0) is 66.2 Å². The van der Waals surface area contributed by atoms with E-state index in [0.29, 0.717) is 32.1 Å². The Kier molecular flexibility index (Phi) is 8.00. The number of aromatic nitrogens is 1. The minimum absolute atomic E-state index is 0.154. The Morgan fingerprint density at radius 1 is 0.868 bits per heavy atom. The summed E-state index contributed by atoms with van der Waals surface area (Å²) in [5.74, 6) is -0.327. The van der Waals surface area contributed by atoms with Gasteiger partial charge in [0.15, 0.2) is 5.13 Å². The summed E-state index contributed by atoms with van der Waals surface area (Å²) in [7, 11) is 0. The van der Waals surface area contributed by atoms with Crippen molar-refractivity contribution in [2.75, 3.05) is 10.6 Å². The van der Waals surface area contributed by atoms with Crippen molar-refractivity contribution in [1.29, 1.82) is 0 Å². The van der Waals surface area contributed by atoms with Crippen LogP contribution in [0.1, 0.15) is 17.3 Å². The number of benzene rings is 4. The van der Waals surface area contributed by atoms with E-state index < -0.39 is 0 Å². The predicted octanol–water partition coefficient (Wildman–Crippen LogP) is 8.64. The summed E-state index contributed by atoms with van der Waals surface area (Å²) in [6.07, 6.45) is 0. The zero-order valence-electron chi connectivity index (χ0n) is 20.1. The van der Waals surface area contributed by atoms with Crippen molar-refractivity contribution >= 4 is 79.7 Å². The average molecular weight is 579 g/mol. The Bertz CT molecular complexity index is 1640. The van der Waals surface area contributed by atoms with Crippen LogP contribution >= 0.6 is 46.3 Å². The number of thiazole rings is 1. The summed E-state index contributed by atoms with van der Waals surface area (Å²) in [6, 6.07) is 26.3. The van der Waals surface area contributed by atoms with Gasteiger partial charge in [-0.3, -0.25) is 9.59 Å². The number of nitrogens with zero attached hydrogens (tertiary/aromatic N) is 1. The van der Waals surface area contributed by atoms with Gasteiger partial charge in [-0.15, -0.1) is 23.1 Å². The molecule has 190 valence electrons. The fourth-order valence-electron chi connectivity index (χ4n) is 3.73. The summed E-state index contributed by atoms with van der Waals surface area (Å²) < 4.78 is 0. The van der Waals surface area contributed by atoms with Crippen molar-refractivity contribution in [2.24, 2.45) is 0 Å². The van der Waals surface area contributed by atoms with Crippen LogP contribution in [0.4, 0.5) is 10.8 Å². The van der Waals surface area contributed by atoms with E-state index >= 15 is 0 Å². The average Bonchev–Trinajstić information content (AvgIpc) is 3.39. The molecule has 9 heteroatoms. The van der Waals surface area contributed by atoms with Crippen molar-refractivity contribution < 1.29 is 9.59 Å². The number of rotatable bonds is 7. The molecule has 0 bridgehead atoms. The standard InChI is InChI=1S/C29H21Cl2N3O2S2/c1-17(27(35)34-29-33-26(16-37-29)20-8-13-24(30)25(31)15-20)38-23-11-9-22(10-12-23)32-28(36)21-7-6-18-4-2-3-5-19(18)14-21/h2-17H,1H3,(H,32,36)(H,33,34,35). The van der Waals surface area contributed by atoms with Crippen LogP contribution in [0.5, 0.6) is 0 Å². The number of hydrogen-bond donors (Lipinski definition) is 2. The lowest BCUT2D eigenvalue weighted by Crippen LogP contribution is -2.22. The highest BCUT2D eigenvalue weighted by Gasteiger charge is 2.17. The Morgan fingerprint density at radius 2 is 1.63 bits per heavy atom. The summed E-state index contributed by atoms with van der Waals surface area (Å²) in [5.41, 5.74) is 2.82. The normalized spacial score (nSPS) is 11.8. The van der Waals surface area contributed by atoms with Gasteiger partial charge < -0.3 is 10.6 Å². The van der Waals surface area contributed by atoms with Crippen LogP contribution in [0.25, 0.3) is 22.0 Å². The first kappa shape index (κ1) is 26.3.